The average molecular weight is 1230 g/mol. The summed E-state index contributed by atoms with van der Waals surface area (Å²) in [5, 5.41) is 18.4. The molecule has 6 aromatic carbocycles. The van der Waals surface area contributed by atoms with Gasteiger partial charge in [-0.2, -0.15) is 41.5 Å². The van der Waals surface area contributed by atoms with Gasteiger partial charge in [0.05, 0.1) is 39.8 Å². The first-order valence-corrected chi connectivity index (χ1v) is 24.5. The molecule has 0 aliphatic carbocycles. The van der Waals surface area contributed by atoms with Crippen molar-refractivity contribution < 1.29 is 63.7 Å². The largest absolute Gasteiger partial charge is 0.497 e. The van der Waals surface area contributed by atoms with E-state index in [2.05, 4.69) is 36.5 Å². The van der Waals surface area contributed by atoms with Gasteiger partial charge in [-0.1, -0.05) is 58.5 Å². The lowest BCUT2D eigenvalue weighted by Gasteiger charge is -2.14. The number of carbonyl (C=O) groups excluding carboxylic acids is 2. The SMILES string of the molecule is COc1cc(OC)cc(-n2nc(C(F)(F)F)cc2N)c1.COc1cc(OC)cc(-n2nc(C(F)(F)F)cc2N=C(NC(=O)c2cccc(Cl)c2)Nc2cc(F)cc(Cl)c2)c1.O=C(NC(=S)Nc1cc(F)cc(Cl)c1)c1cccc(Cl)c1. The lowest BCUT2D eigenvalue weighted by molar-refractivity contribution is -0.142. The maximum Gasteiger partial charge on any atom is 0.435 e. The van der Waals surface area contributed by atoms with Crippen LogP contribution in [0, 0.1) is 11.6 Å². The van der Waals surface area contributed by atoms with E-state index in [4.69, 9.17) is 83.3 Å². The molecule has 0 bridgehead atoms. The first-order valence-electron chi connectivity index (χ1n) is 22.5. The summed E-state index contributed by atoms with van der Waals surface area (Å²) in [4.78, 5) is 29.1. The summed E-state index contributed by atoms with van der Waals surface area (Å²) >= 11 is 28.4. The second-order valence-electron chi connectivity index (χ2n) is 16.1. The summed E-state index contributed by atoms with van der Waals surface area (Å²) in [6, 6.07) is 30.1. The van der Waals surface area contributed by atoms with E-state index in [0.717, 1.165) is 27.6 Å². The fraction of sp³-hybridized carbons (Fsp3) is 0.115. The molecule has 0 fully saturated rings. The molecular formula is C52H40Cl4F8N10O6S. The number of guanidine groups is 1. The third kappa shape index (κ3) is 17.8. The number of carbonyl (C=O) groups is 2. The number of alkyl halides is 6. The molecule has 0 aliphatic heterocycles. The van der Waals surface area contributed by atoms with Crippen LogP contribution in [0.4, 0.5) is 58.1 Å². The van der Waals surface area contributed by atoms with Crippen LogP contribution in [0.1, 0.15) is 32.1 Å². The zero-order chi connectivity index (χ0) is 59.3. The molecular weight excluding hydrogens is 1190 g/mol. The third-order valence-corrected chi connectivity index (χ3v) is 11.4. The van der Waals surface area contributed by atoms with Gasteiger partial charge in [0.2, 0.25) is 5.96 Å². The molecule has 2 heterocycles. The summed E-state index contributed by atoms with van der Waals surface area (Å²) < 4.78 is 129. The van der Waals surface area contributed by atoms with Crippen molar-refractivity contribution in [2.45, 2.75) is 12.4 Å². The number of nitrogens with one attached hydrogen (secondary N) is 4. The van der Waals surface area contributed by atoms with Crippen LogP contribution in [0.15, 0.2) is 138 Å². The van der Waals surface area contributed by atoms with Crippen LogP contribution < -0.4 is 45.9 Å². The van der Waals surface area contributed by atoms with Crippen LogP contribution >= 0.6 is 58.6 Å². The fourth-order valence-corrected chi connectivity index (χ4v) is 7.75. The molecule has 0 spiro atoms. The Balaban J connectivity index is 0.000000216. The van der Waals surface area contributed by atoms with Gasteiger partial charge in [-0.3, -0.25) is 20.2 Å². The highest BCUT2D eigenvalue weighted by Gasteiger charge is 2.36. The molecule has 0 aliphatic rings. The molecule has 8 rings (SSSR count). The Morgan fingerprint density at radius 1 is 0.543 bits per heavy atom. The number of nitrogens with two attached hydrogens (primary N) is 1. The molecule has 0 radical (unpaired) electrons. The van der Waals surface area contributed by atoms with E-state index in [1.165, 1.54) is 107 Å². The van der Waals surface area contributed by atoms with E-state index in [1.54, 1.807) is 30.3 Å². The number of halogens is 12. The molecule has 0 unspecified atom stereocenters. The van der Waals surface area contributed by atoms with Gasteiger partial charge in [-0.15, -0.1) is 0 Å². The molecule has 29 heteroatoms. The summed E-state index contributed by atoms with van der Waals surface area (Å²) in [5.41, 5.74) is 4.57. The molecule has 16 nitrogen and oxygen atoms in total. The van der Waals surface area contributed by atoms with Crippen molar-refractivity contribution in [1.29, 1.82) is 0 Å². The minimum Gasteiger partial charge on any atom is -0.497 e. The molecule has 424 valence electrons. The zero-order valence-corrected chi connectivity index (χ0v) is 45.7. The molecule has 2 aromatic heterocycles. The highest BCUT2D eigenvalue weighted by Crippen LogP contribution is 2.35. The number of thiocarbonyl (C=S) groups is 1. The van der Waals surface area contributed by atoms with Crippen LogP contribution in [0.2, 0.25) is 20.1 Å². The van der Waals surface area contributed by atoms with Gasteiger partial charge in [0.1, 0.15) is 40.5 Å². The molecule has 0 saturated carbocycles. The molecule has 0 saturated heterocycles. The average Bonchev–Trinajstić information content (AvgIpc) is 4.18. The van der Waals surface area contributed by atoms with Gasteiger partial charge in [0.15, 0.2) is 22.3 Å². The first-order chi connectivity index (χ1) is 38.2. The summed E-state index contributed by atoms with van der Waals surface area (Å²) in [7, 11) is 5.62. The quantitative estimate of drug-likeness (QED) is 0.0357. The molecule has 2 amide bonds. The fourth-order valence-electron chi connectivity index (χ4n) is 6.72. The van der Waals surface area contributed by atoms with Gasteiger partial charge in [0.25, 0.3) is 11.8 Å². The number of benzene rings is 6. The second kappa shape index (κ2) is 27.2. The van der Waals surface area contributed by atoms with E-state index in [1.807, 2.05) is 0 Å². The molecule has 0 atom stereocenters. The predicted molar refractivity (Wildman–Crippen MR) is 295 cm³/mol. The Morgan fingerprint density at radius 3 is 1.38 bits per heavy atom. The lowest BCUT2D eigenvalue weighted by atomic mass is 10.2. The van der Waals surface area contributed by atoms with Crippen LogP contribution in [-0.4, -0.2) is 70.9 Å². The van der Waals surface area contributed by atoms with Crippen molar-refractivity contribution in [2.75, 3.05) is 44.8 Å². The van der Waals surface area contributed by atoms with Gasteiger partial charge in [-0.05, 0) is 85.0 Å². The lowest BCUT2D eigenvalue weighted by Crippen LogP contribution is -2.36. The Kier molecular flexibility index (Phi) is 20.8. The van der Waals surface area contributed by atoms with E-state index < -0.39 is 47.2 Å². The number of ether oxygens (including phenoxy) is 4. The number of hydrogen-bond acceptors (Lipinski definition) is 11. The topological polar surface area (TPSA) is 193 Å². The van der Waals surface area contributed by atoms with Gasteiger partial charge in [-0.25, -0.2) is 18.1 Å². The minimum absolute atomic E-state index is 0.0240. The Bertz CT molecular complexity index is 3540. The number of amides is 2. The number of rotatable bonds is 11. The van der Waals surface area contributed by atoms with Crippen molar-refractivity contribution >= 4 is 105 Å². The Labute approximate surface area is 480 Å². The second-order valence-corrected chi connectivity index (χ2v) is 18.2. The van der Waals surface area contributed by atoms with Crippen molar-refractivity contribution in [3.05, 3.63) is 188 Å². The number of hydrogen-bond donors (Lipinski definition) is 5. The van der Waals surface area contributed by atoms with Crippen LogP contribution in [0.25, 0.3) is 11.4 Å². The van der Waals surface area contributed by atoms with E-state index >= 15 is 0 Å². The van der Waals surface area contributed by atoms with Crippen LogP contribution in [0.3, 0.4) is 0 Å². The van der Waals surface area contributed by atoms with Gasteiger partial charge >= 0.3 is 12.4 Å². The Morgan fingerprint density at radius 2 is 0.963 bits per heavy atom. The van der Waals surface area contributed by atoms with Crippen molar-refractivity contribution in [1.82, 2.24) is 30.2 Å². The van der Waals surface area contributed by atoms with Gasteiger partial charge < -0.3 is 35.3 Å². The highest BCUT2D eigenvalue weighted by molar-refractivity contribution is 7.80. The summed E-state index contributed by atoms with van der Waals surface area (Å²) in [6.45, 7) is 0. The number of nitrogen functional groups attached to an aromatic ring is 1. The normalized spacial score (nSPS) is 11.2. The van der Waals surface area contributed by atoms with E-state index in [-0.39, 0.29) is 66.2 Å². The van der Waals surface area contributed by atoms with Crippen LogP contribution in [-0.2, 0) is 12.4 Å². The monoisotopic (exact) mass is 1220 g/mol. The van der Waals surface area contributed by atoms with Crippen molar-refractivity contribution in [2.24, 2.45) is 4.99 Å². The smallest absolute Gasteiger partial charge is 0.435 e. The minimum atomic E-state index is -4.83. The molecule has 6 N–H and O–H groups in total. The highest BCUT2D eigenvalue weighted by atomic mass is 35.5. The zero-order valence-electron chi connectivity index (χ0n) is 41.9. The predicted octanol–water partition coefficient (Wildman–Crippen LogP) is 13.6. The standard InChI is InChI=1S/C26H19Cl2F4N5O3.C14H9Cl2FN2OS.C12H12F3N3O2/c1-39-20-10-19(11-21(12-20)40-2)37-23(13-22(36-37)26(30,31)32)34-25(33-18-8-16(28)7-17(29)9-18)35-24(38)14-4-3-5-15(27)6-14;15-9-3-1-2-8(4-9)13(20)19-14(21)18-12-6-10(16)5-11(17)7-12;1-19-8-3-7(4-9(5-8)20-2)18-11(16)6-10(17-18)12(13,14)15/h3-13H,1-2H3,(H2,33,34,35,38);1-7H,(H2,18,19,20,21);3-6H,16H2,1-2H3. The van der Waals surface area contributed by atoms with Crippen LogP contribution in [0.5, 0.6) is 23.0 Å². The van der Waals surface area contributed by atoms with Crippen molar-refractivity contribution in [3.63, 3.8) is 0 Å². The maximum atomic E-state index is 14.0. The number of nitrogens with zero attached hydrogens (tertiary/aromatic N) is 5. The third-order valence-electron chi connectivity index (χ3n) is 10.3. The van der Waals surface area contributed by atoms with Crippen molar-refractivity contribution in [3.8, 4) is 34.4 Å². The number of aromatic nitrogens is 4. The number of aliphatic imine (C=N–C) groups is 1. The molecule has 81 heavy (non-hydrogen) atoms. The maximum absolute atomic E-state index is 14.0. The van der Waals surface area contributed by atoms with Gasteiger partial charge in [0, 0.05) is 91.1 Å². The summed E-state index contributed by atoms with van der Waals surface area (Å²) in [5.74, 6) is -1.80. The van der Waals surface area contributed by atoms with E-state index in [0.29, 0.717) is 39.5 Å². The number of anilines is 3. The van der Waals surface area contributed by atoms with E-state index in [9.17, 15) is 44.7 Å². The first kappa shape index (κ1) is 61.8. The Hall–Kier alpha value is -8.36. The molecule has 8 aromatic rings. The summed E-state index contributed by atoms with van der Waals surface area (Å²) in [6.07, 6.45) is -9.38. The number of methoxy groups -OCH3 is 4.